The maximum Gasteiger partial charge on any atom is 0.271 e. The van der Waals surface area contributed by atoms with Crippen molar-refractivity contribution in [2.45, 2.75) is 25.9 Å². The van der Waals surface area contributed by atoms with Crippen molar-refractivity contribution in [3.63, 3.8) is 0 Å². The van der Waals surface area contributed by atoms with Crippen LogP contribution >= 0.6 is 22.9 Å². The molecule has 0 aliphatic rings. The molecule has 0 aliphatic heterocycles. The maximum absolute atomic E-state index is 12.1. The van der Waals surface area contributed by atoms with Gasteiger partial charge in [0.2, 0.25) is 0 Å². The van der Waals surface area contributed by atoms with Gasteiger partial charge < -0.3 is 11.1 Å². The molecule has 4 nitrogen and oxygen atoms in total. The average Bonchev–Trinajstić information content (AvgIpc) is 2.88. The summed E-state index contributed by atoms with van der Waals surface area (Å²) in [5.41, 5.74) is 7.01. The molecule has 3 N–H and O–H groups in total. The van der Waals surface area contributed by atoms with Crippen LogP contribution < -0.4 is 11.1 Å². The van der Waals surface area contributed by atoms with Crippen LogP contribution in [-0.4, -0.2) is 10.9 Å². The van der Waals surface area contributed by atoms with Crippen LogP contribution in [0.3, 0.4) is 0 Å². The van der Waals surface area contributed by atoms with Gasteiger partial charge in [-0.1, -0.05) is 29.8 Å². The van der Waals surface area contributed by atoms with Gasteiger partial charge in [0, 0.05) is 10.4 Å². The summed E-state index contributed by atoms with van der Waals surface area (Å²) in [7, 11) is 0. The smallest absolute Gasteiger partial charge is 0.271 e. The Kier molecular flexibility index (Phi) is 4.75. The second-order valence-corrected chi connectivity index (χ2v) is 5.87. The first-order valence-corrected chi connectivity index (χ1v) is 7.51. The molecule has 0 bridgehead atoms. The van der Waals surface area contributed by atoms with E-state index in [4.69, 9.17) is 17.3 Å². The summed E-state index contributed by atoms with van der Waals surface area (Å²) >= 11 is 7.50. The Hall–Kier alpha value is -1.43. The molecule has 1 aromatic carbocycles. The number of nitrogens with one attached hydrogen (secondary N) is 1. The fourth-order valence-corrected chi connectivity index (χ4v) is 2.83. The predicted molar refractivity (Wildman–Crippen MR) is 82.0 cm³/mol. The number of thiazole rings is 1. The van der Waals surface area contributed by atoms with Crippen LogP contribution in [0.5, 0.6) is 0 Å². The third kappa shape index (κ3) is 3.36. The van der Waals surface area contributed by atoms with E-state index in [-0.39, 0.29) is 18.0 Å². The standard InChI is InChI=1S/C14H16ClN3OS/c1-8(16)14-18-12(7-20-14)13(19)17-9(2)10-5-3-4-6-11(10)15/h3-9H,16H2,1-2H3,(H,17,19)/t8?,9-/m1/s1. The number of hydrogen-bond donors (Lipinski definition) is 2. The summed E-state index contributed by atoms with van der Waals surface area (Å²) in [6.45, 7) is 3.73. The van der Waals surface area contributed by atoms with E-state index in [0.29, 0.717) is 10.7 Å². The third-order valence-corrected chi connectivity index (χ3v) is 4.25. The average molecular weight is 310 g/mol. The zero-order chi connectivity index (χ0) is 14.7. The molecule has 0 saturated carbocycles. The van der Waals surface area contributed by atoms with E-state index in [1.807, 2.05) is 32.0 Å². The van der Waals surface area contributed by atoms with Crippen LogP contribution in [0, 0.1) is 0 Å². The molecule has 6 heteroatoms. The Balaban J connectivity index is 2.09. The van der Waals surface area contributed by atoms with Gasteiger partial charge in [0.05, 0.1) is 12.1 Å². The van der Waals surface area contributed by atoms with Gasteiger partial charge >= 0.3 is 0 Å². The number of benzene rings is 1. The number of nitrogens with zero attached hydrogens (tertiary/aromatic N) is 1. The van der Waals surface area contributed by atoms with Gasteiger partial charge in [-0.3, -0.25) is 4.79 Å². The summed E-state index contributed by atoms with van der Waals surface area (Å²) in [6, 6.07) is 7.09. The van der Waals surface area contributed by atoms with Crippen molar-refractivity contribution in [3.05, 3.63) is 50.9 Å². The molecule has 1 heterocycles. The molecule has 0 saturated heterocycles. The lowest BCUT2D eigenvalue weighted by molar-refractivity contribution is 0.0935. The lowest BCUT2D eigenvalue weighted by Crippen LogP contribution is -2.27. The number of nitrogens with two attached hydrogens (primary N) is 1. The summed E-state index contributed by atoms with van der Waals surface area (Å²) in [5.74, 6) is -0.222. The van der Waals surface area contributed by atoms with Crippen molar-refractivity contribution in [1.29, 1.82) is 0 Å². The van der Waals surface area contributed by atoms with Crippen LogP contribution in [0.15, 0.2) is 29.6 Å². The predicted octanol–water partition coefficient (Wildman–Crippen LogP) is 3.31. The number of amides is 1. The van der Waals surface area contributed by atoms with Gasteiger partial charge in [0.15, 0.2) is 0 Å². The topological polar surface area (TPSA) is 68.0 Å². The van der Waals surface area contributed by atoms with Gasteiger partial charge in [0.25, 0.3) is 5.91 Å². The van der Waals surface area contributed by atoms with Crippen molar-refractivity contribution >= 4 is 28.8 Å². The normalized spacial score (nSPS) is 13.8. The monoisotopic (exact) mass is 309 g/mol. The number of aromatic nitrogens is 1. The molecule has 1 unspecified atom stereocenters. The molecule has 1 amide bonds. The van der Waals surface area contributed by atoms with Crippen molar-refractivity contribution in [2.24, 2.45) is 5.73 Å². The zero-order valence-electron chi connectivity index (χ0n) is 11.3. The fraction of sp³-hybridized carbons (Fsp3) is 0.286. The highest BCUT2D eigenvalue weighted by atomic mass is 35.5. The van der Waals surface area contributed by atoms with Crippen LogP contribution in [0.4, 0.5) is 0 Å². The number of rotatable bonds is 4. The van der Waals surface area contributed by atoms with Crippen LogP contribution in [0.25, 0.3) is 0 Å². The van der Waals surface area contributed by atoms with E-state index in [1.54, 1.807) is 11.4 Å². The molecular formula is C14H16ClN3OS. The minimum Gasteiger partial charge on any atom is -0.344 e. The summed E-state index contributed by atoms with van der Waals surface area (Å²) in [6.07, 6.45) is 0. The largest absolute Gasteiger partial charge is 0.344 e. The zero-order valence-corrected chi connectivity index (χ0v) is 12.8. The molecule has 106 valence electrons. The van der Waals surface area contributed by atoms with Crippen molar-refractivity contribution in [1.82, 2.24) is 10.3 Å². The molecule has 0 radical (unpaired) electrons. The molecule has 2 atom stereocenters. The Bertz CT molecular complexity index is 612. The lowest BCUT2D eigenvalue weighted by Gasteiger charge is -2.14. The quantitative estimate of drug-likeness (QED) is 0.910. The maximum atomic E-state index is 12.1. The van der Waals surface area contributed by atoms with Gasteiger partial charge in [-0.25, -0.2) is 4.98 Å². The molecular weight excluding hydrogens is 294 g/mol. The lowest BCUT2D eigenvalue weighted by atomic mass is 10.1. The molecule has 0 spiro atoms. The molecule has 0 aliphatic carbocycles. The Labute approximate surface area is 127 Å². The third-order valence-electron chi connectivity index (χ3n) is 2.86. The fourth-order valence-electron chi connectivity index (χ4n) is 1.78. The second-order valence-electron chi connectivity index (χ2n) is 4.58. The molecule has 2 rings (SSSR count). The Morgan fingerprint density at radius 3 is 2.70 bits per heavy atom. The second kappa shape index (κ2) is 6.35. The van der Waals surface area contributed by atoms with E-state index < -0.39 is 0 Å². The number of hydrogen-bond acceptors (Lipinski definition) is 4. The first-order valence-electron chi connectivity index (χ1n) is 6.25. The number of halogens is 1. The van der Waals surface area contributed by atoms with Gasteiger partial charge in [0.1, 0.15) is 10.7 Å². The van der Waals surface area contributed by atoms with Gasteiger partial charge in [-0.05, 0) is 25.5 Å². The summed E-state index contributed by atoms with van der Waals surface area (Å²) < 4.78 is 0. The van der Waals surface area contributed by atoms with Crippen LogP contribution in [0.1, 0.15) is 47.0 Å². The minimum atomic E-state index is -0.222. The first kappa shape index (κ1) is 15.0. The van der Waals surface area contributed by atoms with E-state index in [0.717, 1.165) is 10.6 Å². The van der Waals surface area contributed by atoms with E-state index in [2.05, 4.69) is 10.3 Å². The highest BCUT2D eigenvalue weighted by molar-refractivity contribution is 7.09. The van der Waals surface area contributed by atoms with E-state index in [1.165, 1.54) is 11.3 Å². The number of carbonyl (C=O) groups is 1. The van der Waals surface area contributed by atoms with Crippen LogP contribution in [-0.2, 0) is 0 Å². The Morgan fingerprint density at radius 2 is 2.10 bits per heavy atom. The first-order chi connectivity index (χ1) is 9.49. The molecule has 20 heavy (non-hydrogen) atoms. The van der Waals surface area contributed by atoms with E-state index >= 15 is 0 Å². The number of carbonyl (C=O) groups excluding carboxylic acids is 1. The van der Waals surface area contributed by atoms with E-state index in [9.17, 15) is 4.79 Å². The highest BCUT2D eigenvalue weighted by Gasteiger charge is 2.16. The van der Waals surface area contributed by atoms with Gasteiger partial charge in [-0.15, -0.1) is 11.3 Å². The van der Waals surface area contributed by atoms with Crippen molar-refractivity contribution < 1.29 is 4.79 Å². The molecule has 2 aromatic rings. The van der Waals surface area contributed by atoms with Crippen LogP contribution in [0.2, 0.25) is 5.02 Å². The minimum absolute atomic E-state index is 0.164. The van der Waals surface area contributed by atoms with Crippen molar-refractivity contribution in [2.75, 3.05) is 0 Å². The highest BCUT2D eigenvalue weighted by Crippen LogP contribution is 2.23. The SMILES string of the molecule is CC(N)c1nc(C(=O)N[C@H](C)c2ccccc2Cl)cs1. The summed E-state index contributed by atoms with van der Waals surface area (Å²) in [5, 5.41) is 5.99. The molecule has 0 fully saturated rings. The molecule has 1 aromatic heterocycles. The Morgan fingerprint density at radius 1 is 1.40 bits per heavy atom. The van der Waals surface area contributed by atoms with Crippen molar-refractivity contribution in [3.8, 4) is 0 Å². The summed E-state index contributed by atoms with van der Waals surface area (Å²) in [4.78, 5) is 16.4. The van der Waals surface area contributed by atoms with Gasteiger partial charge in [-0.2, -0.15) is 0 Å².